The van der Waals surface area contributed by atoms with Crippen molar-refractivity contribution in [2.24, 2.45) is 5.92 Å². The minimum atomic E-state index is -0.580. The summed E-state index contributed by atoms with van der Waals surface area (Å²) in [6, 6.07) is 12.4. The molecule has 9 heteroatoms. The highest BCUT2D eigenvalue weighted by Gasteiger charge is 2.32. The number of nitrogens with one attached hydrogen (secondary N) is 2. The molecule has 1 atom stereocenters. The Hall–Kier alpha value is -4.27. The van der Waals surface area contributed by atoms with Gasteiger partial charge in [-0.15, -0.1) is 0 Å². The van der Waals surface area contributed by atoms with Crippen LogP contribution in [0.25, 0.3) is 11.1 Å². The lowest BCUT2D eigenvalue weighted by Gasteiger charge is -2.26. The fourth-order valence-electron chi connectivity index (χ4n) is 5.59. The monoisotopic (exact) mass is 540 g/mol. The molecule has 0 saturated heterocycles. The molecule has 0 radical (unpaired) electrons. The van der Waals surface area contributed by atoms with Crippen molar-refractivity contribution in [3.05, 3.63) is 77.6 Å². The summed E-state index contributed by atoms with van der Waals surface area (Å²) in [6.45, 7) is 6.32. The molecule has 0 spiro atoms. The minimum Gasteiger partial charge on any atom is -0.361 e. The molecule has 1 saturated carbocycles. The van der Waals surface area contributed by atoms with Gasteiger partial charge in [-0.25, -0.2) is 4.98 Å². The number of hydrogen-bond donors (Lipinski definition) is 2. The molecule has 5 rings (SSSR count). The van der Waals surface area contributed by atoms with Crippen LogP contribution in [0.4, 0.5) is 11.5 Å². The van der Waals surface area contributed by atoms with Crippen LogP contribution in [-0.4, -0.2) is 37.7 Å². The van der Waals surface area contributed by atoms with Crippen LogP contribution in [0.2, 0.25) is 0 Å². The molecule has 40 heavy (non-hydrogen) atoms. The van der Waals surface area contributed by atoms with E-state index in [1.807, 2.05) is 57.2 Å². The van der Waals surface area contributed by atoms with Crippen molar-refractivity contribution < 1.29 is 14.1 Å². The third kappa shape index (κ3) is 5.98. The highest BCUT2D eigenvalue weighted by molar-refractivity contribution is 6.04. The van der Waals surface area contributed by atoms with E-state index >= 15 is 0 Å². The Morgan fingerprint density at radius 1 is 1.02 bits per heavy atom. The molecule has 2 N–H and O–H groups in total. The fraction of sp³-hybridized carbons (Fsp3) is 0.387. The lowest BCUT2D eigenvalue weighted by molar-refractivity contribution is 0.0808. The van der Waals surface area contributed by atoms with Crippen molar-refractivity contribution in [1.29, 1.82) is 0 Å². The van der Waals surface area contributed by atoms with Gasteiger partial charge in [-0.3, -0.25) is 14.3 Å². The van der Waals surface area contributed by atoms with Crippen molar-refractivity contribution in [2.75, 3.05) is 5.32 Å². The van der Waals surface area contributed by atoms with Crippen LogP contribution in [-0.2, 0) is 6.54 Å². The van der Waals surface area contributed by atoms with Crippen molar-refractivity contribution in [1.82, 2.24) is 25.2 Å². The molecule has 208 valence electrons. The molecule has 1 fully saturated rings. The Bertz CT molecular complexity index is 1430. The van der Waals surface area contributed by atoms with E-state index in [0.717, 1.165) is 54.0 Å². The van der Waals surface area contributed by atoms with E-state index in [2.05, 4.69) is 25.9 Å². The smallest absolute Gasteiger partial charge is 0.270 e. The standard InChI is InChI=1S/C31H36N6O3/c1-4-37-26(17-18-33-37)31(39)35-29(22-9-7-5-6-8-10-22)30(38)23-11-14-25(15-12-23)34-27-16-13-24(19-32-27)28-20(2)36-40-21(28)3/h11-19,22,29H,4-10H2,1-3H3,(H,32,34)(H,35,39)/t29-/m0/s1. The first kappa shape index (κ1) is 27.3. The lowest BCUT2D eigenvalue weighted by Crippen LogP contribution is -2.46. The summed E-state index contributed by atoms with van der Waals surface area (Å²) in [5.74, 6) is 1.23. The minimum absolute atomic E-state index is 0.0590. The van der Waals surface area contributed by atoms with E-state index in [9.17, 15) is 9.59 Å². The molecular weight excluding hydrogens is 504 g/mol. The van der Waals surface area contributed by atoms with Crippen LogP contribution in [0.5, 0.6) is 0 Å². The maximum absolute atomic E-state index is 13.8. The van der Waals surface area contributed by atoms with Crippen molar-refractivity contribution in [2.45, 2.75) is 71.9 Å². The van der Waals surface area contributed by atoms with Gasteiger partial charge in [-0.1, -0.05) is 30.8 Å². The summed E-state index contributed by atoms with van der Waals surface area (Å²) in [6.07, 6.45) is 9.74. The number of rotatable bonds is 9. The summed E-state index contributed by atoms with van der Waals surface area (Å²) >= 11 is 0. The summed E-state index contributed by atoms with van der Waals surface area (Å²) in [5, 5.41) is 14.6. The number of amides is 1. The summed E-state index contributed by atoms with van der Waals surface area (Å²) in [5.41, 5.74) is 4.59. The van der Waals surface area contributed by atoms with Crippen LogP contribution < -0.4 is 10.6 Å². The number of nitrogens with zero attached hydrogens (tertiary/aromatic N) is 4. The average molecular weight is 541 g/mol. The number of hydrogen-bond acceptors (Lipinski definition) is 7. The largest absolute Gasteiger partial charge is 0.361 e. The second-order valence-electron chi connectivity index (χ2n) is 10.4. The topological polar surface area (TPSA) is 115 Å². The van der Waals surface area contributed by atoms with Gasteiger partial charge in [0.25, 0.3) is 5.91 Å². The second kappa shape index (κ2) is 12.3. The number of ketones is 1. The number of pyridine rings is 1. The molecule has 1 aromatic carbocycles. The van der Waals surface area contributed by atoms with Gasteiger partial charge in [0.05, 0.1) is 11.7 Å². The highest BCUT2D eigenvalue weighted by Crippen LogP contribution is 2.29. The Morgan fingerprint density at radius 3 is 2.40 bits per heavy atom. The Balaban J connectivity index is 1.31. The van der Waals surface area contributed by atoms with Crippen molar-refractivity contribution in [3.8, 4) is 11.1 Å². The Labute approximate surface area is 234 Å². The zero-order chi connectivity index (χ0) is 28.1. The van der Waals surface area contributed by atoms with E-state index in [1.165, 1.54) is 12.8 Å². The van der Waals surface area contributed by atoms with E-state index in [1.54, 1.807) is 23.1 Å². The van der Waals surface area contributed by atoms with E-state index in [0.29, 0.717) is 23.6 Å². The van der Waals surface area contributed by atoms with Crippen LogP contribution in [0, 0.1) is 19.8 Å². The predicted molar refractivity (Wildman–Crippen MR) is 154 cm³/mol. The maximum atomic E-state index is 13.8. The Kier molecular flexibility index (Phi) is 8.38. The first-order chi connectivity index (χ1) is 19.4. The van der Waals surface area contributed by atoms with Gasteiger partial charge in [0.1, 0.15) is 17.3 Å². The molecule has 1 amide bonds. The number of anilines is 2. The molecular formula is C31H36N6O3. The zero-order valence-corrected chi connectivity index (χ0v) is 23.3. The quantitative estimate of drug-likeness (QED) is 0.190. The third-order valence-electron chi connectivity index (χ3n) is 7.72. The average Bonchev–Trinajstić information content (AvgIpc) is 3.48. The zero-order valence-electron chi connectivity index (χ0n) is 23.3. The summed E-state index contributed by atoms with van der Waals surface area (Å²) in [7, 11) is 0. The molecule has 1 aliphatic carbocycles. The van der Waals surface area contributed by atoms with Crippen molar-refractivity contribution >= 4 is 23.2 Å². The first-order valence-corrected chi connectivity index (χ1v) is 14.1. The van der Waals surface area contributed by atoms with E-state index < -0.39 is 6.04 Å². The van der Waals surface area contributed by atoms with Crippen LogP contribution in [0.1, 0.15) is 77.7 Å². The van der Waals surface area contributed by atoms with Crippen LogP contribution >= 0.6 is 0 Å². The van der Waals surface area contributed by atoms with Gasteiger partial charge in [-0.2, -0.15) is 5.10 Å². The second-order valence-corrected chi connectivity index (χ2v) is 10.4. The maximum Gasteiger partial charge on any atom is 0.270 e. The van der Waals surface area contributed by atoms with E-state index in [4.69, 9.17) is 4.52 Å². The number of Topliss-reactive ketones (excluding diaryl/α,β-unsaturated/α-hetero) is 1. The number of carbonyl (C=O) groups excluding carboxylic acids is 2. The summed E-state index contributed by atoms with van der Waals surface area (Å²) < 4.78 is 6.92. The Morgan fingerprint density at radius 2 is 1.77 bits per heavy atom. The van der Waals surface area contributed by atoms with Gasteiger partial charge >= 0.3 is 0 Å². The van der Waals surface area contributed by atoms with Gasteiger partial charge in [0.2, 0.25) is 0 Å². The third-order valence-corrected chi connectivity index (χ3v) is 7.72. The number of benzene rings is 1. The fourth-order valence-corrected chi connectivity index (χ4v) is 5.59. The molecule has 4 aromatic rings. The molecule has 0 bridgehead atoms. The lowest BCUT2D eigenvalue weighted by atomic mass is 9.86. The molecule has 1 aliphatic rings. The normalized spacial score (nSPS) is 14.9. The van der Waals surface area contributed by atoms with Crippen LogP contribution in [0.3, 0.4) is 0 Å². The molecule has 0 aliphatic heterocycles. The molecule has 9 nitrogen and oxygen atoms in total. The van der Waals surface area contributed by atoms with Gasteiger partial charge in [0.15, 0.2) is 5.78 Å². The predicted octanol–water partition coefficient (Wildman–Crippen LogP) is 6.27. The molecule has 3 aromatic heterocycles. The molecule has 3 heterocycles. The number of aromatic nitrogens is 4. The first-order valence-electron chi connectivity index (χ1n) is 14.1. The van der Waals surface area contributed by atoms with Gasteiger partial charge in [0, 0.05) is 41.3 Å². The molecule has 0 unspecified atom stereocenters. The summed E-state index contributed by atoms with van der Waals surface area (Å²) in [4.78, 5) is 31.5. The van der Waals surface area contributed by atoms with E-state index in [-0.39, 0.29) is 17.6 Å². The van der Waals surface area contributed by atoms with Gasteiger partial charge in [-0.05, 0) is 82.0 Å². The van der Waals surface area contributed by atoms with Crippen LogP contribution in [0.15, 0.2) is 59.4 Å². The highest BCUT2D eigenvalue weighted by atomic mass is 16.5. The SMILES string of the molecule is CCn1nccc1C(=O)N[C@H](C(=O)c1ccc(Nc2ccc(-c3c(C)noc3C)cn2)cc1)C1CCCCCC1. The van der Waals surface area contributed by atoms with Gasteiger partial charge < -0.3 is 15.2 Å². The number of carbonyl (C=O) groups is 2. The number of aryl methyl sites for hydroxylation is 3. The van der Waals surface area contributed by atoms with Crippen molar-refractivity contribution in [3.63, 3.8) is 0 Å².